The summed E-state index contributed by atoms with van der Waals surface area (Å²) in [5, 5.41) is 3.76. The highest BCUT2D eigenvalue weighted by molar-refractivity contribution is 7.91. The van der Waals surface area contributed by atoms with Crippen LogP contribution >= 0.6 is 11.3 Å². The first-order chi connectivity index (χ1) is 12.5. The lowest BCUT2D eigenvalue weighted by Gasteiger charge is -2.17. The monoisotopic (exact) mass is 395 g/mol. The van der Waals surface area contributed by atoms with Crippen molar-refractivity contribution in [3.8, 4) is 11.5 Å². The lowest BCUT2D eigenvalue weighted by Crippen LogP contribution is -2.31. The number of carbonyl (C=O) groups excluding carboxylic acids is 1. The molecule has 8 heteroatoms. The van der Waals surface area contributed by atoms with Crippen molar-refractivity contribution in [2.24, 2.45) is 0 Å². The summed E-state index contributed by atoms with van der Waals surface area (Å²) >= 11 is 1.36. The number of carbonyl (C=O) groups is 1. The van der Waals surface area contributed by atoms with Gasteiger partial charge in [-0.25, -0.2) is 8.42 Å². The number of sulfone groups is 1. The molecule has 1 aromatic carbocycles. The Morgan fingerprint density at radius 2 is 2.08 bits per heavy atom. The Bertz CT molecular complexity index is 862. The minimum Gasteiger partial charge on any atom is -0.454 e. The van der Waals surface area contributed by atoms with E-state index in [0.717, 1.165) is 12.8 Å². The first-order valence-corrected chi connectivity index (χ1v) is 10.9. The van der Waals surface area contributed by atoms with Gasteiger partial charge < -0.3 is 14.8 Å². The van der Waals surface area contributed by atoms with Gasteiger partial charge >= 0.3 is 0 Å². The zero-order valence-corrected chi connectivity index (χ0v) is 16.1. The van der Waals surface area contributed by atoms with Gasteiger partial charge in [0.25, 0.3) is 0 Å². The van der Waals surface area contributed by atoms with E-state index >= 15 is 0 Å². The van der Waals surface area contributed by atoms with Crippen LogP contribution < -0.4 is 14.8 Å². The number of thiophene rings is 1. The van der Waals surface area contributed by atoms with Gasteiger partial charge in [-0.2, -0.15) is 0 Å². The quantitative estimate of drug-likeness (QED) is 0.742. The van der Waals surface area contributed by atoms with Gasteiger partial charge in [-0.3, -0.25) is 4.79 Å². The van der Waals surface area contributed by atoms with Crippen molar-refractivity contribution < 1.29 is 22.7 Å². The molecule has 1 aliphatic rings. The molecule has 0 spiro atoms. The van der Waals surface area contributed by atoms with E-state index in [1.54, 1.807) is 18.2 Å². The molecule has 0 bridgehead atoms. The Morgan fingerprint density at radius 1 is 1.27 bits per heavy atom. The Labute approximate surface area is 157 Å². The third-order valence-corrected chi connectivity index (χ3v) is 7.37. The SMILES string of the molecule is CCCCC(=O)NC[C@@H](c1cccs1)S(=O)(=O)c1ccc2c(c1)OCO2. The van der Waals surface area contributed by atoms with Gasteiger partial charge in [0, 0.05) is 23.9 Å². The summed E-state index contributed by atoms with van der Waals surface area (Å²) in [5.74, 6) is 0.821. The zero-order chi connectivity index (χ0) is 18.6. The van der Waals surface area contributed by atoms with E-state index in [9.17, 15) is 13.2 Å². The van der Waals surface area contributed by atoms with Crippen molar-refractivity contribution in [3.05, 3.63) is 40.6 Å². The minimum absolute atomic E-state index is 0.0415. The van der Waals surface area contributed by atoms with Crippen LogP contribution in [-0.2, 0) is 14.6 Å². The largest absolute Gasteiger partial charge is 0.454 e. The fourth-order valence-corrected chi connectivity index (χ4v) is 5.49. The topological polar surface area (TPSA) is 81.7 Å². The molecular weight excluding hydrogens is 374 g/mol. The molecule has 0 aliphatic carbocycles. The summed E-state index contributed by atoms with van der Waals surface area (Å²) in [4.78, 5) is 12.8. The fraction of sp³-hybridized carbons (Fsp3) is 0.389. The van der Waals surface area contributed by atoms with E-state index in [-0.39, 0.29) is 24.1 Å². The molecule has 1 aromatic heterocycles. The highest BCUT2D eigenvalue weighted by Crippen LogP contribution is 2.38. The van der Waals surface area contributed by atoms with E-state index in [2.05, 4.69) is 5.32 Å². The van der Waals surface area contributed by atoms with E-state index in [1.807, 2.05) is 12.3 Å². The second-order valence-corrected chi connectivity index (χ2v) is 9.08. The second-order valence-electron chi connectivity index (χ2n) is 5.97. The van der Waals surface area contributed by atoms with Gasteiger partial charge in [-0.1, -0.05) is 19.4 Å². The van der Waals surface area contributed by atoms with Crippen LogP contribution in [0.4, 0.5) is 0 Å². The van der Waals surface area contributed by atoms with Gasteiger partial charge in [-0.05, 0) is 30.0 Å². The summed E-state index contributed by atoms with van der Waals surface area (Å²) < 4.78 is 37.0. The van der Waals surface area contributed by atoms with Gasteiger partial charge in [0.15, 0.2) is 21.3 Å². The van der Waals surface area contributed by atoms with Crippen LogP contribution in [0.5, 0.6) is 11.5 Å². The van der Waals surface area contributed by atoms with Crippen LogP contribution in [0.2, 0.25) is 0 Å². The van der Waals surface area contributed by atoms with Crippen molar-refractivity contribution in [2.45, 2.75) is 36.3 Å². The molecule has 0 saturated carbocycles. The number of fused-ring (bicyclic) bond motifs is 1. The van der Waals surface area contributed by atoms with Gasteiger partial charge in [0.2, 0.25) is 12.7 Å². The number of ether oxygens (including phenoxy) is 2. The molecule has 2 heterocycles. The van der Waals surface area contributed by atoms with Crippen LogP contribution in [0, 0.1) is 0 Å². The summed E-state index contributed by atoms with van der Waals surface area (Å²) in [6.07, 6.45) is 2.10. The lowest BCUT2D eigenvalue weighted by molar-refractivity contribution is -0.121. The molecule has 0 fully saturated rings. The number of nitrogens with one attached hydrogen (secondary N) is 1. The smallest absolute Gasteiger partial charge is 0.231 e. The summed E-state index contributed by atoms with van der Waals surface area (Å²) in [7, 11) is -3.70. The Kier molecular flexibility index (Phi) is 5.83. The van der Waals surface area contributed by atoms with Crippen LogP contribution in [-0.4, -0.2) is 27.7 Å². The molecule has 1 atom stereocenters. The third kappa shape index (κ3) is 4.02. The van der Waals surface area contributed by atoms with Gasteiger partial charge in [0.1, 0.15) is 5.25 Å². The van der Waals surface area contributed by atoms with Crippen LogP contribution in [0.15, 0.2) is 40.6 Å². The molecule has 140 valence electrons. The summed E-state index contributed by atoms with van der Waals surface area (Å²) in [5.41, 5.74) is 0. The number of benzene rings is 1. The van der Waals surface area contributed by atoms with Crippen molar-refractivity contribution >= 4 is 27.1 Å². The standard InChI is InChI=1S/C18H21NO5S2/c1-2-3-6-18(20)19-11-17(16-5-4-9-25-16)26(21,22)13-7-8-14-15(10-13)24-12-23-14/h4-5,7-10,17H,2-3,6,11-12H2,1H3,(H,19,20)/t17-/m0/s1. The first-order valence-electron chi connectivity index (χ1n) is 8.46. The molecule has 0 saturated heterocycles. The fourth-order valence-electron chi connectivity index (χ4n) is 2.69. The molecule has 3 rings (SSSR count). The Morgan fingerprint density at radius 3 is 2.81 bits per heavy atom. The summed E-state index contributed by atoms with van der Waals surface area (Å²) in [6, 6.07) is 8.18. The van der Waals surface area contributed by atoms with Crippen molar-refractivity contribution in [1.29, 1.82) is 0 Å². The highest BCUT2D eigenvalue weighted by Gasteiger charge is 2.31. The van der Waals surface area contributed by atoms with Crippen molar-refractivity contribution in [2.75, 3.05) is 13.3 Å². The van der Waals surface area contributed by atoms with Crippen molar-refractivity contribution in [3.63, 3.8) is 0 Å². The van der Waals surface area contributed by atoms with E-state index in [0.29, 0.717) is 22.8 Å². The molecule has 6 nitrogen and oxygen atoms in total. The number of hydrogen-bond donors (Lipinski definition) is 1. The number of amides is 1. The normalized spacial score (nSPS) is 14.2. The minimum atomic E-state index is -3.70. The molecule has 0 radical (unpaired) electrons. The average Bonchev–Trinajstić information content (AvgIpc) is 3.30. The maximum atomic E-state index is 13.2. The third-order valence-electron chi connectivity index (χ3n) is 4.15. The van der Waals surface area contributed by atoms with Gasteiger partial charge in [-0.15, -0.1) is 11.3 Å². The number of rotatable bonds is 8. The maximum Gasteiger partial charge on any atom is 0.231 e. The highest BCUT2D eigenvalue weighted by atomic mass is 32.2. The Balaban J connectivity index is 1.85. The Hall–Kier alpha value is -2.06. The predicted octanol–water partition coefficient (Wildman–Crippen LogP) is 3.30. The predicted molar refractivity (Wildman–Crippen MR) is 99.3 cm³/mol. The number of unbranched alkanes of at least 4 members (excludes halogenated alkanes) is 1. The maximum absolute atomic E-state index is 13.2. The van der Waals surface area contributed by atoms with Crippen LogP contribution in [0.1, 0.15) is 36.3 Å². The first kappa shape index (κ1) is 18.7. The summed E-state index contributed by atoms with van der Waals surface area (Å²) in [6.45, 7) is 2.13. The molecule has 2 aromatic rings. The van der Waals surface area contributed by atoms with Gasteiger partial charge in [0.05, 0.1) is 4.90 Å². The number of hydrogen-bond acceptors (Lipinski definition) is 6. The average molecular weight is 396 g/mol. The molecule has 1 amide bonds. The van der Waals surface area contributed by atoms with E-state index < -0.39 is 15.1 Å². The van der Waals surface area contributed by atoms with E-state index in [1.165, 1.54) is 23.5 Å². The molecule has 26 heavy (non-hydrogen) atoms. The lowest BCUT2D eigenvalue weighted by atomic mass is 10.2. The second kappa shape index (κ2) is 8.09. The van der Waals surface area contributed by atoms with Crippen molar-refractivity contribution in [1.82, 2.24) is 5.32 Å². The molecule has 1 N–H and O–H groups in total. The zero-order valence-electron chi connectivity index (χ0n) is 14.4. The molecular formula is C18H21NO5S2. The van der Waals surface area contributed by atoms with Crippen LogP contribution in [0.25, 0.3) is 0 Å². The molecule has 1 aliphatic heterocycles. The molecule has 0 unspecified atom stereocenters. The van der Waals surface area contributed by atoms with E-state index in [4.69, 9.17) is 9.47 Å². The van der Waals surface area contributed by atoms with Crippen LogP contribution in [0.3, 0.4) is 0 Å².